The number of urea groups is 1. The zero-order valence-electron chi connectivity index (χ0n) is 12.6. The molecule has 1 fully saturated rings. The van der Waals surface area contributed by atoms with Crippen LogP contribution >= 0.6 is 0 Å². The first-order valence-corrected chi connectivity index (χ1v) is 7.70. The van der Waals surface area contributed by atoms with Crippen LogP contribution in [-0.2, 0) is 6.54 Å². The van der Waals surface area contributed by atoms with Crippen molar-refractivity contribution >= 4 is 6.03 Å². The number of rotatable bonds is 4. The van der Waals surface area contributed by atoms with Crippen molar-refractivity contribution in [3.05, 3.63) is 29.6 Å². The van der Waals surface area contributed by atoms with Crippen molar-refractivity contribution in [3.63, 3.8) is 0 Å². The third-order valence-electron chi connectivity index (χ3n) is 4.08. The number of hydrogen-bond acceptors (Lipinski definition) is 3. The molecule has 6 heteroatoms. The molecule has 22 heavy (non-hydrogen) atoms. The van der Waals surface area contributed by atoms with Gasteiger partial charge in [-0.1, -0.05) is 31.7 Å². The van der Waals surface area contributed by atoms with E-state index >= 15 is 0 Å². The Labute approximate surface area is 129 Å². The molecule has 0 bridgehead atoms. The molecule has 0 aromatic heterocycles. The first-order valence-electron chi connectivity index (χ1n) is 7.70. The van der Waals surface area contributed by atoms with Crippen LogP contribution in [0.2, 0.25) is 0 Å². The van der Waals surface area contributed by atoms with E-state index in [9.17, 15) is 14.3 Å². The number of aliphatic hydroxyl groups is 1. The van der Waals surface area contributed by atoms with Gasteiger partial charge in [-0.3, -0.25) is 0 Å². The van der Waals surface area contributed by atoms with E-state index < -0.39 is 23.2 Å². The van der Waals surface area contributed by atoms with E-state index in [1.54, 1.807) is 0 Å². The van der Waals surface area contributed by atoms with Gasteiger partial charge in [0.05, 0.1) is 5.60 Å². The summed E-state index contributed by atoms with van der Waals surface area (Å²) in [5, 5.41) is 24.8. The maximum atomic E-state index is 13.2. The molecule has 122 valence electrons. The normalized spacial score (nSPS) is 17.5. The van der Waals surface area contributed by atoms with Crippen LogP contribution in [0.15, 0.2) is 18.2 Å². The highest BCUT2D eigenvalue weighted by Gasteiger charge is 2.28. The van der Waals surface area contributed by atoms with Gasteiger partial charge >= 0.3 is 6.03 Å². The maximum Gasteiger partial charge on any atom is 0.315 e. The molecule has 1 aromatic rings. The highest BCUT2D eigenvalue weighted by atomic mass is 19.1. The van der Waals surface area contributed by atoms with Crippen LogP contribution in [-0.4, -0.2) is 28.4 Å². The molecule has 0 saturated heterocycles. The Morgan fingerprint density at radius 1 is 1.18 bits per heavy atom. The molecular weight excluding hydrogens is 287 g/mol. The Morgan fingerprint density at radius 2 is 1.86 bits per heavy atom. The topological polar surface area (TPSA) is 81.6 Å². The van der Waals surface area contributed by atoms with Gasteiger partial charge < -0.3 is 20.8 Å². The average molecular weight is 310 g/mol. The van der Waals surface area contributed by atoms with Crippen LogP contribution < -0.4 is 10.6 Å². The molecule has 1 aliphatic rings. The highest BCUT2D eigenvalue weighted by Crippen LogP contribution is 2.26. The van der Waals surface area contributed by atoms with Crippen molar-refractivity contribution in [1.29, 1.82) is 0 Å². The summed E-state index contributed by atoms with van der Waals surface area (Å²) in [5.74, 6) is -1.13. The van der Waals surface area contributed by atoms with Gasteiger partial charge in [0.15, 0.2) is 11.6 Å². The van der Waals surface area contributed by atoms with E-state index in [0.717, 1.165) is 25.7 Å². The first-order chi connectivity index (χ1) is 10.5. The summed E-state index contributed by atoms with van der Waals surface area (Å²) >= 11 is 0. The predicted molar refractivity (Wildman–Crippen MR) is 81.0 cm³/mol. The second-order valence-corrected chi connectivity index (χ2v) is 5.96. The van der Waals surface area contributed by atoms with E-state index in [1.165, 1.54) is 18.2 Å². The summed E-state index contributed by atoms with van der Waals surface area (Å²) in [6.07, 6.45) is 5.62. The molecule has 2 amide bonds. The molecular formula is C16H23FN2O3. The molecule has 0 unspecified atom stereocenters. The van der Waals surface area contributed by atoms with Crippen molar-refractivity contribution in [2.75, 3.05) is 6.54 Å². The quantitative estimate of drug-likeness (QED) is 0.645. The largest absolute Gasteiger partial charge is 0.505 e. The monoisotopic (exact) mass is 310 g/mol. The number of carbonyl (C=O) groups excluding carboxylic acids is 1. The van der Waals surface area contributed by atoms with E-state index in [2.05, 4.69) is 10.6 Å². The molecule has 1 aromatic carbocycles. The Hall–Kier alpha value is -1.82. The van der Waals surface area contributed by atoms with Crippen LogP contribution in [0.5, 0.6) is 5.75 Å². The molecule has 0 radical (unpaired) electrons. The van der Waals surface area contributed by atoms with Crippen LogP contribution in [0.3, 0.4) is 0 Å². The fraction of sp³-hybridized carbons (Fsp3) is 0.562. The number of carbonyl (C=O) groups is 1. The predicted octanol–water partition coefficient (Wildman–Crippen LogP) is 2.42. The van der Waals surface area contributed by atoms with E-state index in [-0.39, 0.29) is 13.1 Å². The molecule has 0 aliphatic heterocycles. The number of nitrogens with one attached hydrogen (secondary N) is 2. The zero-order valence-corrected chi connectivity index (χ0v) is 12.6. The second kappa shape index (κ2) is 7.45. The van der Waals surface area contributed by atoms with E-state index in [1.807, 2.05) is 0 Å². The summed E-state index contributed by atoms with van der Waals surface area (Å²) in [4.78, 5) is 11.8. The third kappa shape index (κ3) is 4.87. The maximum absolute atomic E-state index is 13.2. The smallest absolute Gasteiger partial charge is 0.315 e. The Bertz CT molecular complexity index is 514. The summed E-state index contributed by atoms with van der Waals surface area (Å²) in [6, 6.07) is 3.57. The Balaban J connectivity index is 1.76. The SMILES string of the molecule is O=C(NCc1ccc(O)c(F)c1)NCC1(O)CCCCCC1. The lowest BCUT2D eigenvalue weighted by Crippen LogP contribution is -2.46. The van der Waals surface area contributed by atoms with Crippen LogP contribution in [0, 0.1) is 5.82 Å². The summed E-state index contributed by atoms with van der Waals surface area (Å²) in [5.41, 5.74) is -0.267. The lowest BCUT2D eigenvalue weighted by atomic mass is 9.95. The summed E-state index contributed by atoms with van der Waals surface area (Å²) in [6.45, 7) is 0.379. The molecule has 1 saturated carbocycles. The van der Waals surface area contributed by atoms with Crippen LogP contribution in [0.4, 0.5) is 9.18 Å². The van der Waals surface area contributed by atoms with Gasteiger partial charge in [0.25, 0.3) is 0 Å². The fourth-order valence-electron chi connectivity index (χ4n) is 2.71. The van der Waals surface area contributed by atoms with Crippen molar-refractivity contribution in [1.82, 2.24) is 10.6 Å². The van der Waals surface area contributed by atoms with E-state index in [4.69, 9.17) is 5.11 Å². The van der Waals surface area contributed by atoms with Crippen molar-refractivity contribution < 1.29 is 19.4 Å². The second-order valence-electron chi connectivity index (χ2n) is 5.96. The van der Waals surface area contributed by atoms with Gasteiger partial charge in [0, 0.05) is 13.1 Å². The van der Waals surface area contributed by atoms with Gasteiger partial charge in [0.1, 0.15) is 0 Å². The number of aromatic hydroxyl groups is 1. The van der Waals surface area contributed by atoms with Gasteiger partial charge in [-0.15, -0.1) is 0 Å². The van der Waals surface area contributed by atoms with Gasteiger partial charge in [-0.25, -0.2) is 9.18 Å². The number of halogens is 1. The highest BCUT2D eigenvalue weighted by molar-refractivity contribution is 5.73. The molecule has 4 N–H and O–H groups in total. The van der Waals surface area contributed by atoms with Crippen molar-refractivity contribution in [2.45, 2.75) is 50.7 Å². The summed E-state index contributed by atoms with van der Waals surface area (Å²) < 4.78 is 13.2. The van der Waals surface area contributed by atoms with Crippen LogP contribution in [0.25, 0.3) is 0 Å². The molecule has 2 rings (SSSR count). The minimum Gasteiger partial charge on any atom is -0.505 e. The summed E-state index contributed by atoms with van der Waals surface area (Å²) in [7, 11) is 0. The number of benzene rings is 1. The first kappa shape index (κ1) is 16.5. The Morgan fingerprint density at radius 3 is 2.50 bits per heavy atom. The number of amides is 2. The number of hydrogen-bond donors (Lipinski definition) is 4. The van der Waals surface area contributed by atoms with Gasteiger partial charge in [-0.05, 0) is 30.5 Å². The van der Waals surface area contributed by atoms with Crippen molar-refractivity contribution in [2.24, 2.45) is 0 Å². The Kier molecular flexibility index (Phi) is 5.60. The van der Waals surface area contributed by atoms with Gasteiger partial charge in [0.2, 0.25) is 0 Å². The van der Waals surface area contributed by atoms with Gasteiger partial charge in [-0.2, -0.15) is 0 Å². The standard InChI is InChI=1S/C16H23FN2O3/c17-13-9-12(5-6-14(13)20)10-18-15(21)19-11-16(22)7-3-1-2-4-8-16/h5-6,9,20,22H,1-4,7-8,10-11H2,(H2,18,19,21). The molecule has 0 atom stereocenters. The minimum absolute atomic E-state index is 0.154. The van der Waals surface area contributed by atoms with E-state index in [0.29, 0.717) is 18.4 Å². The van der Waals surface area contributed by atoms with Crippen LogP contribution in [0.1, 0.15) is 44.1 Å². The lowest BCUT2D eigenvalue weighted by molar-refractivity contribution is 0.0276. The fourth-order valence-corrected chi connectivity index (χ4v) is 2.71. The lowest BCUT2D eigenvalue weighted by Gasteiger charge is -2.26. The molecule has 1 aliphatic carbocycles. The number of phenolic OH excluding ortho intramolecular Hbond substituents is 1. The molecule has 5 nitrogen and oxygen atoms in total. The third-order valence-corrected chi connectivity index (χ3v) is 4.08. The van der Waals surface area contributed by atoms with Crippen molar-refractivity contribution in [3.8, 4) is 5.75 Å². The zero-order chi connectivity index (χ0) is 16.0. The molecule has 0 heterocycles. The molecule has 0 spiro atoms. The average Bonchev–Trinajstić information content (AvgIpc) is 2.72. The number of phenols is 1. The minimum atomic E-state index is -0.821.